The number of carbonyl (C=O) groups is 1. The SMILES string of the molecule is CC.CC(C1CCC1)C(C)(C)C.NC=O. The molecule has 0 bridgehead atoms. The van der Waals surface area contributed by atoms with Gasteiger partial charge in [0.2, 0.25) is 6.41 Å². The highest BCUT2D eigenvalue weighted by Gasteiger charge is 2.31. The average molecular weight is 215 g/mol. The van der Waals surface area contributed by atoms with E-state index in [2.05, 4.69) is 33.4 Å². The summed E-state index contributed by atoms with van der Waals surface area (Å²) in [7, 11) is 0. The molecule has 0 aromatic rings. The third-order valence-corrected chi connectivity index (χ3v) is 3.22. The molecule has 0 spiro atoms. The summed E-state index contributed by atoms with van der Waals surface area (Å²) >= 11 is 0. The van der Waals surface area contributed by atoms with E-state index in [0.717, 1.165) is 11.8 Å². The van der Waals surface area contributed by atoms with Crippen molar-refractivity contribution < 1.29 is 4.79 Å². The fourth-order valence-corrected chi connectivity index (χ4v) is 1.65. The van der Waals surface area contributed by atoms with Crippen molar-refractivity contribution >= 4 is 6.41 Å². The van der Waals surface area contributed by atoms with Gasteiger partial charge in [0.15, 0.2) is 0 Å². The molecule has 0 aliphatic heterocycles. The van der Waals surface area contributed by atoms with Crippen LogP contribution in [-0.4, -0.2) is 6.41 Å². The molecule has 2 heteroatoms. The molecule has 1 amide bonds. The molecule has 1 rings (SSSR count). The fourth-order valence-electron chi connectivity index (χ4n) is 1.65. The van der Waals surface area contributed by atoms with Crippen LogP contribution in [0, 0.1) is 17.3 Å². The van der Waals surface area contributed by atoms with Crippen molar-refractivity contribution in [1.29, 1.82) is 0 Å². The van der Waals surface area contributed by atoms with Gasteiger partial charge < -0.3 is 5.73 Å². The first-order valence-corrected chi connectivity index (χ1v) is 6.08. The van der Waals surface area contributed by atoms with Crippen LogP contribution in [0.1, 0.15) is 60.8 Å². The zero-order valence-corrected chi connectivity index (χ0v) is 11.3. The van der Waals surface area contributed by atoms with Crippen LogP contribution < -0.4 is 5.73 Å². The Hall–Kier alpha value is -0.530. The van der Waals surface area contributed by atoms with Gasteiger partial charge in [-0.3, -0.25) is 4.79 Å². The normalized spacial score (nSPS) is 17.2. The van der Waals surface area contributed by atoms with Crippen LogP contribution >= 0.6 is 0 Å². The Labute approximate surface area is 95.6 Å². The molecule has 92 valence electrons. The van der Waals surface area contributed by atoms with E-state index in [1.54, 1.807) is 0 Å². The summed E-state index contributed by atoms with van der Waals surface area (Å²) < 4.78 is 0. The van der Waals surface area contributed by atoms with Crippen LogP contribution in [0.5, 0.6) is 0 Å². The summed E-state index contributed by atoms with van der Waals surface area (Å²) in [4.78, 5) is 8.58. The molecule has 1 atom stereocenters. The van der Waals surface area contributed by atoms with Gasteiger partial charge in [-0.05, 0) is 17.3 Å². The molecule has 2 N–H and O–H groups in total. The summed E-state index contributed by atoms with van der Waals surface area (Å²) in [5.74, 6) is 1.96. The molecule has 1 aliphatic carbocycles. The fraction of sp³-hybridized carbons (Fsp3) is 0.923. The van der Waals surface area contributed by atoms with Crippen molar-refractivity contribution in [1.82, 2.24) is 0 Å². The first-order valence-electron chi connectivity index (χ1n) is 6.08. The third kappa shape index (κ3) is 7.40. The summed E-state index contributed by atoms with van der Waals surface area (Å²) in [6, 6.07) is 0. The van der Waals surface area contributed by atoms with Crippen molar-refractivity contribution in [3.05, 3.63) is 0 Å². The van der Waals surface area contributed by atoms with E-state index in [4.69, 9.17) is 4.79 Å². The molecule has 0 radical (unpaired) electrons. The van der Waals surface area contributed by atoms with Crippen molar-refractivity contribution in [3.63, 3.8) is 0 Å². The Balaban J connectivity index is 0. The van der Waals surface area contributed by atoms with E-state index in [1.807, 2.05) is 13.8 Å². The van der Waals surface area contributed by atoms with Crippen molar-refractivity contribution in [3.8, 4) is 0 Å². The topological polar surface area (TPSA) is 43.1 Å². The summed E-state index contributed by atoms with van der Waals surface area (Å²) in [5.41, 5.74) is 4.70. The van der Waals surface area contributed by atoms with E-state index >= 15 is 0 Å². The van der Waals surface area contributed by atoms with Gasteiger partial charge in [-0.1, -0.05) is 60.8 Å². The van der Waals surface area contributed by atoms with Gasteiger partial charge in [-0.25, -0.2) is 0 Å². The van der Waals surface area contributed by atoms with E-state index in [-0.39, 0.29) is 6.41 Å². The molecular formula is C13H29NO. The lowest BCUT2D eigenvalue weighted by Gasteiger charge is -2.39. The minimum absolute atomic E-state index is 0.250. The Morgan fingerprint density at radius 1 is 1.27 bits per heavy atom. The highest BCUT2D eigenvalue weighted by molar-refractivity contribution is 5.42. The molecule has 15 heavy (non-hydrogen) atoms. The van der Waals surface area contributed by atoms with Crippen LogP contribution in [0.15, 0.2) is 0 Å². The molecule has 1 aliphatic rings. The van der Waals surface area contributed by atoms with Crippen LogP contribution in [0.4, 0.5) is 0 Å². The Morgan fingerprint density at radius 2 is 1.60 bits per heavy atom. The lowest BCUT2D eigenvalue weighted by Crippen LogP contribution is -2.29. The number of rotatable bonds is 1. The predicted octanol–water partition coefficient (Wildman–Crippen LogP) is 3.60. The Morgan fingerprint density at radius 3 is 1.67 bits per heavy atom. The minimum Gasteiger partial charge on any atom is -0.372 e. The van der Waals surface area contributed by atoms with Crippen LogP contribution in [-0.2, 0) is 4.79 Å². The van der Waals surface area contributed by atoms with Gasteiger partial charge in [-0.2, -0.15) is 0 Å². The molecular weight excluding hydrogens is 186 g/mol. The molecule has 1 unspecified atom stereocenters. The molecule has 0 saturated heterocycles. The molecule has 0 heterocycles. The minimum atomic E-state index is 0.250. The van der Waals surface area contributed by atoms with E-state index in [9.17, 15) is 0 Å². The second-order valence-electron chi connectivity index (χ2n) is 4.98. The summed E-state index contributed by atoms with van der Waals surface area (Å²) in [5, 5.41) is 0. The summed E-state index contributed by atoms with van der Waals surface area (Å²) in [6.07, 6.45) is 4.70. The number of hydrogen-bond donors (Lipinski definition) is 1. The maximum absolute atomic E-state index is 8.58. The number of carbonyl (C=O) groups excluding carboxylic acids is 1. The number of hydrogen-bond acceptors (Lipinski definition) is 1. The van der Waals surface area contributed by atoms with E-state index < -0.39 is 0 Å². The van der Waals surface area contributed by atoms with Gasteiger partial charge in [0.1, 0.15) is 0 Å². The largest absolute Gasteiger partial charge is 0.372 e. The van der Waals surface area contributed by atoms with Crippen molar-refractivity contribution in [2.45, 2.75) is 60.8 Å². The van der Waals surface area contributed by atoms with Gasteiger partial charge in [0.05, 0.1) is 0 Å². The molecule has 0 aromatic carbocycles. The first kappa shape index (κ1) is 16.9. The second kappa shape index (κ2) is 8.75. The van der Waals surface area contributed by atoms with Gasteiger partial charge >= 0.3 is 0 Å². The van der Waals surface area contributed by atoms with Gasteiger partial charge in [-0.15, -0.1) is 0 Å². The lowest BCUT2D eigenvalue weighted by molar-refractivity contribution is -0.106. The molecule has 1 saturated carbocycles. The smallest absolute Gasteiger partial charge is 0.204 e. The highest BCUT2D eigenvalue weighted by Crippen LogP contribution is 2.41. The van der Waals surface area contributed by atoms with Gasteiger partial charge in [0.25, 0.3) is 0 Å². The van der Waals surface area contributed by atoms with Crippen LogP contribution in [0.2, 0.25) is 0 Å². The number of amides is 1. The Bertz CT molecular complexity index is 145. The number of nitrogens with two attached hydrogens (primary N) is 1. The van der Waals surface area contributed by atoms with Crippen molar-refractivity contribution in [2.75, 3.05) is 0 Å². The summed E-state index contributed by atoms with van der Waals surface area (Å²) in [6.45, 7) is 13.5. The lowest BCUT2D eigenvalue weighted by atomic mass is 9.66. The standard InChI is InChI=1S/C10H20.C2H6.CH3NO/c1-8(10(2,3)4)9-6-5-7-9;1-2;2-1-3/h8-9H,5-7H2,1-4H3;1-2H3;1H,(H2,2,3). The number of primary amides is 1. The zero-order valence-electron chi connectivity index (χ0n) is 11.3. The van der Waals surface area contributed by atoms with Crippen LogP contribution in [0.25, 0.3) is 0 Å². The first-order chi connectivity index (χ1) is 6.93. The quantitative estimate of drug-likeness (QED) is 0.667. The van der Waals surface area contributed by atoms with Crippen molar-refractivity contribution in [2.24, 2.45) is 23.0 Å². The van der Waals surface area contributed by atoms with E-state index in [0.29, 0.717) is 5.41 Å². The molecule has 1 fully saturated rings. The van der Waals surface area contributed by atoms with Crippen LogP contribution in [0.3, 0.4) is 0 Å². The second-order valence-corrected chi connectivity index (χ2v) is 4.98. The molecule has 2 nitrogen and oxygen atoms in total. The predicted molar refractivity (Wildman–Crippen MR) is 67.6 cm³/mol. The maximum Gasteiger partial charge on any atom is 0.204 e. The zero-order chi connectivity index (χ0) is 12.5. The van der Waals surface area contributed by atoms with Gasteiger partial charge in [0, 0.05) is 0 Å². The Kier molecular flexibility index (Phi) is 9.85. The monoisotopic (exact) mass is 215 g/mol. The van der Waals surface area contributed by atoms with E-state index in [1.165, 1.54) is 19.3 Å². The maximum atomic E-state index is 8.58. The highest BCUT2D eigenvalue weighted by atomic mass is 16.1. The average Bonchev–Trinajstić information content (AvgIpc) is 2.04. The molecule has 0 aromatic heterocycles. The third-order valence-electron chi connectivity index (χ3n) is 3.22.